The van der Waals surface area contributed by atoms with Gasteiger partial charge in [0.25, 0.3) is 5.91 Å². The molecule has 0 unspecified atom stereocenters. The van der Waals surface area contributed by atoms with Crippen LogP contribution in [0.25, 0.3) is 22.2 Å². The molecule has 4 aromatic carbocycles. The molecule has 1 aromatic heterocycles. The minimum Gasteiger partial charge on any atom is -0.378 e. The Hall–Kier alpha value is -4.42. The van der Waals surface area contributed by atoms with Crippen molar-refractivity contribution in [1.29, 1.82) is 0 Å². The number of aryl methyl sites for hydroxylation is 1. The smallest absolute Gasteiger partial charge is 0.255 e. The Morgan fingerprint density at radius 1 is 0.865 bits per heavy atom. The van der Waals surface area contributed by atoms with E-state index in [4.69, 9.17) is 16.6 Å². The van der Waals surface area contributed by atoms with Gasteiger partial charge in [-0.05, 0) is 67.1 Å². The van der Waals surface area contributed by atoms with Crippen LogP contribution in [0.5, 0.6) is 0 Å². The molecule has 0 saturated heterocycles. The molecule has 6 nitrogen and oxygen atoms in total. The molecule has 5 rings (SSSR count). The van der Waals surface area contributed by atoms with E-state index in [0.717, 1.165) is 44.8 Å². The fourth-order valence-electron chi connectivity index (χ4n) is 4.02. The maximum Gasteiger partial charge on any atom is 0.255 e. The Labute approximate surface area is 221 Å². The van der Waals surface area contributed by atoms with E-state index in [2.05, 4.69) is 15.6 Å². The van der Waals surface area contributed by atoms with Gasteiger partial charge >= 0.3 is 0 Å². The van der Waals surface area contributed by atoms with Crippen molar-refractivity contribution in [3.63, 3.8) is 0 Å². The first kappa shape index (κ1) is 24.3. The van der Waals surface area contributed by atoms with Gasteiger partial charge in [0.2, 0.25) is 5.95 Å². The lowest BCUT2D eigenvalue weighted by atomic mass is 10.1. The van der Waals surface area contributed by atoms with E-state index in [1.807, 2.05) is 105 Å². The van der Waals surface area contributed by atoms with Crippen molar-refractivity contribution in [2.24, 2.45) is 0 Å². The highest BCUT2D eigenvalue weighted by Gasteiger charge is 2.12. The Morgan fingerprint density at radius 3 is 2.35 bits per heavy atom. The summed E-state index contributed by atoms with van der Waals surface area (Å²) in [6.45, 7) is 1.98. The Kier molecular flexibility index (Phi) is 6.75. The van der Waals surface area contributed by atoms with Crippen molar-refractivity contribution in [2.75, 3.05) is 29.6 Å². The topological polar surface area (TPSA) is 70.2 Å². The Morgan fingerprint density at radius 2 is 1.62 bits per heavy atom. The number of carbonyl (C=O) groups excluding carboxylic acids is 1. The molecule has 7 heteroatoms. The fourth-order valence-corrected chi connectivity index (χ4v) is 4.20. The minimum absolute atomic E-state index is 0.171. The SMILES string of the molecule is Cc1ccc(N(C)C)cc1NC(=O)c1ccc(Nc2nc(-c3ccccc3)c3cc(Cl)ccc3n2)cc1. The molecule has 5 aromatic rings. The van der Waals surface area contributed by atoms with Crippen molar-refractivity contribution in [3.05, 3.63) is 107 Å². The van der Waals surface area contributed by atoms with Crippen LogP contribution in [0.15, 0.2) is 91.0 Å². The molecule has 2 N–H and O–H groups in total. The third-order valence-electron chi connectivity index (χ3n) is 6.09. The van der Waals surface area contributed by atoms with Gasteiger partial charge in [-0.2, -0.15) is 0 Å². The van der Waals surface area contributed by atoms with Gasteiger partial charge in [-0.25, -0.2) is 9.97 Å². The van der Waals surface area contributed by atoms with Crippen LogP contribution in [0.1, 0.15) is 15.9 Å². The molecular weight excluding hydrogens is 482 g/mol. The summed E-state index contributed by atoms with van der Waals surface area (Å²) in [5.41, 5.74) is 6.69. The van der Waals surface area contributed by atoms with E-state index < -0.39 is 0 Å². The Bertz CT molecular complexity index is 1580. The number of carbonyl (C=O) groups is 1. The summed E-state index contributed by atoms with van der Waals surface area (Å²) in [5.74, 6) is 0.290. The van der Waals surface area contributed by atoms with E-state index in [1.165, 1.54) is 0 Å². The summed E-state index contributed by atoms with van der Waals surface area (Å²) in [7, 11) is 3.94. The predicted octanol–water partition coefficient (Wildman–Crippen LogP) is 7.32. The van der Waals surface area contributed by atoms with Crippen LogP contribution in [0.4, 0.5) is 23.0 Å². The second kappa shape index (κ2) is 10.3. The zero-order chi connectivity index (χ0) is 25.9. The van der Waals surface area contributed by atoms with E-state index in [-0.39, 0.29) is 5.91 Å². The molecule has 0 radical (unpaired) electrons. The third-order valence-corrected chi connectivity index (χ3v) is 6.33. The number of nitrogens with zero attached hydrogens (tertiary/aromatic N) is 3. The van der Waals surface area contributed by atoms with Crippen LogP contribution in [0.2, 0.25) is 5.02 Å². The van der Waals surface area contributed by atoms with Crippen molar-refractivity contribution in [1.82, 2.24) is 9.97 Å². The molecule has 0 saturated carbocycles. The lowest BCUT2D eigenvalue weighted by Crippen LogP contribution is -2.14. The number of amides is 1. The van der Waals surface area contributed by atoms with E-state index >= 15 is 0 Å². The van der Waals surface area contributed by atoms with Gasteiger partial charge in [-0.15, -0.1) is 0 Å². The maximum atomic E-state index is 12.9. The lowest BCUT2D eigenvalue weighted by molar-refractivity contribution is 0.102. The highest BCUT2D eigenvalue weighted by Crippen LogP contribution is 2.30. The summed E-state index contributed by atoms with van der Waals surface area (Å²) in [5, 5.41) is 7.80. The number of hydrogen-bond donors (Lipinski definition) is 2. The third kappa shape index (κ3) is 5.39. The molecule has 0 bridgehead atoms. The van der Waals surface area contributed by atoms with Gasteiger partial charge in [0.05, 0.1) is 11.2 Å². The van der Waals surface area contributed by atoms with Crippen LogP contribution in [0, 0.1) is 6.92 Å². The fraction of sp³-hybridized carbons (Fsp3) is 0.100. The first-order valence-electron chi connectivity index (χ1n) is 11.9. The number of halogens is 1. The average Bonchev–Trinajstić information content (AvgIpc) is 2.90. The van der Waals surface area contributed by atoms with Crippen LogP contribution in [-0.2, 0) is 0 Å². The number of benzene rings is 4. The molecule has 184 valence electrons. The Balaban J connectivity index is 1.39. The van der Waals surface area contributed by atoms with Gasteiger partial charge in [-0.1, -0.05) is 48.0 Å². The van der Waals surface area contributed by atoms with E-state index in [0.29, 0.717) is 16.5 Å². The standard InChI is InChI=1S/C30H26ClN5O/c1-19-9-15-24(36(2)3)18-27(19)33-29(37)21-10-13-23(14-11-21)32-30-34-26-16-12-22(31)17-25(26)28(35-30)20-7-5-4-6-8-20/h4-18H,1-3H3,(H,33,37)(H,32,34,35). The number of hydrogen-bond acceptors (Lipinski definition) is 5. The lowest BCUT2D eigenvalue weighted by Gasteiger charge is -2.16. The number of nitrogens with one attached hydrogen (secondary N) is 2. The second-order valence-electron chi connectivity index (χ2n) is 8.97. The molecule has 1 heterocycles. The summed E-state index contributed by atoms with van der Waals surface area (Å²) < 4.78 is 0. The van der Waals surface area contributed by atoms with Crippen LogP contribution < -0.4 is 15.5 Å². The molecule has 0 aliphatic carbocycles. The van der Waals surface area contributed by atoms with Crippen LogP contribution in [0.3, 0.4) is 0 Å². The number of anilines is 4. The summed E-state index contributed by atoms with van der Waals surface area (Å²) in [6, 6.07) is 28.8. The molecule has 0 fully saturated rings. The van der Waals surface area contributed by atoms with Crippen molar-refractivity contribution >= 4 is 51.4 Å². The number of fused-ring (bicyclic) bond motifs is 1. The van der Waals surface area contributed by atoms with Crippen LogP contribution >= 0.6 is 11.6 Å². The normalized spacial score (nSPS) is 10.8. The zero-order valence-corrected chi connectivity index (χ0v) is 21.5. The van der Waals surface area contributed by atoms with Gasteiger partial charge in [0.1, 0.15) is 0 Å². The van der Waals surface area contributed by atoms with E-state index in [9.17, 15) is 4.79 Å². The molecule has 0 atom stereocenters. The molecule has 0 aliphatic heterocycles. The molecule has 1 amide bonds. The maximum absolute atomic E-state index is 12.9. The van der Waals surface area contributed by atoms with Gasteiger partial charge in [0, 0.05) is 52.7 Å². The molecular formula is C30H26ClN5O. The van der Waals surface area contributed by atoms with Crippen LogP contribution in [-0.4, -0.2) is 30.0 Å². The van der Waals surface area contributed by atoms with Gasteiger partial charge in [0.15, 0.2) is 0 Å². The summed E-state index contributed by atoms with van der Waals surface area (Å²) in [6.07, 6.45) is 0. The van der Waals surface area contributed by atoms with Crippen molar-refractivity contribution in [2.45, 2.75) is 6.92 Å². The monoisotopic (exact) mass is 507 g/mol. The van der Waals surface area contributed by atoms with Gasteiger partial charge in [-0.3, -0.25) is 4.79 Å². The molecule has 0 aliphatic rings. The molecule has 37 heavy (non-hydrogen) atoms. The number of rotatable bonds is 6. The highest BCUT2D eigenvalue weighted by atomic mass is 35.5. The van der Waals surface area contributed by atoms with E-state index in [1.54, 1.807) is 12.1 Å². The van der Waals surface area contributed by atoms with Crippen molar-refractivity contribution in [3.8, 4) is 11.3 Å². The highest BCUT2D eigenvalue weighted by molar-refractivity contribution is 6.31. The second-order valence-corrected chi connectivity index (χ2v) is 9.41. The minimum atomic E-state index is -0.171. The first-order chi connectivity index (χ1) is 17.9. The van der Waals surface area contributed by atoms with Crippen molar-refractivity contribution < 1.29 is 4.79 Å². The first-order valence-corrected chi connectivity index (χ1v) is 12.2. The summed E-state index contributed by atoms with van der Waals surface area (Å²) in [4.78, 5) is 24.4. The van der Waals surface area contributed by atoms with Gasteiger partial charge < -0.3 is 15.5 Å². The molecule has 0 spiro atoms. The quantitative estimate of drug-likeness (QED) is 0.252. The largest absolute Gasteiger partial charge is 0.378 e. The predicted molar refractivity (Wildman–Crippen MR) is 153 cm³/mol. The summed E-state index contributed by atoms with van der Waals surface area (Å²) >= 11 is 6.26. The average molecular weight is 508 g/mol. The zero-order valence-electron chi connectivity index (χ0n) is 20.8. The number of aromatic nitrogens is 2.